The van der Waals surface area contributed by atoms with Crippen LogP contribution in [0.25, 0.3) is 0 Å². The second kappa shape index (κ2) is 9.84. The number of hydrogen-bond donors (Lipinski definition) is 2. The number of carbonyl (C=O) groups excluding carboxylic acids is 1. The summed E-state index contributed by atoms with van der Waals surface area (Å²) in [6.45, 7) is -0.349. The summed E-state index contributed by atoms with van der Waals surface area (Å²) in [7, 11) is 0. The molecule has 0 aromatic heterocycles. The van der Waals surface area contributed by atoms with Gasteiger partial charge >= 0.3 is 17.9 Å². The molecule has 0 amide bonds. The zero-order valence-corrected chi connectivity index (χ0v) is 17.8. The van der Waals surface area contributed by atoms with Crippen LogP contribution < -0.4 is 0 Å². The van der Waals surface area contributed by atoms with Crippen molar-refractivity contribution in [1.82, 2.24) is 0 Å². The van der Waals surface area contributed by atoms with Crippen LogP contribution in [0.4, 0.5) is 4.39 Å². The Labute approximate surface area is 194 Å². The zero-order valence-electron chi connectivity index (χ0n) is 17.8. The van der Waals surface area contributed by atoms with Gasteiger partial charge in [-0.15, -0.1) is 0 Å². The lowest BCUT2D eigenvalue weighted by Crippen LogP contribution is -2.27. The molecule has 0 spiro atoms. The number of esters is 1. The van der Waals surface area contributed by atoms with Crippen LogP contribution in [0.3, 0.4) is 0 Å². The van der Waals surface area contributed by atoms with Crippen LogP contribution in [-0.4, -0.2) is 47.0 Å². The van der Waals surface area contributed by atoms with Gasteiger partial charge in [-0.25, -0.2) is 18.8 Å². The molecular weight excluding hydrogens is 443 g/mol. The Morgan fingerprint density at radius 2 is 1.32 bits per heavy atom. The molecule has 0 bridgehead atoms. The molecule has 1 aliphatic heterocycles. The van der Waals surface area contributed by atoms with Crippen LogP contribution in [0.2, 0.25) is 0 Å². The van der Waals surface area contributed by atoms with Gasteiger partial charge in [-0.05, 0) is 35.4 Å². The maximum absolute atomic E-state index is 16.0. The summed E-state index contributed by atoms with van der Waals surface area (Å²) in [5, 5.41) is 19.2. The highest BCUT2D eigenvalue weighted by Gasteiger charge is 2.49. The highest BCUT2D eigenvalue weighted by molar-refractivity contribution is 5.91. The Balaban J connectivity index is 1.70. The van der Waals surface area contributed by atoms with Crippen molar-refractivity contribution in [2.45, 2.75) is 24.3 Å². The van der Waals surface area contributed by atoms with E-state index < -0.39 is 42.2 Å². The van der Waals surface area contributed by atoms with Gasteiger partial charge in [0.15, 0.2) is 0 Å². The van der Waals surface area contributed by atoms with Crippen molar-refractivity contribution < 1.29 is 38.5 Å². The predicted octanol–water partition coefficient (Wildman–Crippen LogP) is 4.50. The van der Waals surface area contributed by atoms with Gasteiger partial charge < -0.3 is 19.7 Å². The highest BCUT2D eigenvalue weighted by Crippen LogP contribution is 2.46. The maximum Gasteiger partial charge on any atom is 0.338 e. The molecule has 0 unspecified atom stereocenters. The minimum atomic E-state index is -1.79. The van der Waals surface area contributed by atoms with Crippen molar-refractivity contribution in [3.8, 4) is 0 Å². The third-order valence-corrected chi connectivity index (χ3v) is 5.79. The topological polar surface area (TPSA) is 110 Å². The van der Waals surface area contributed by atoms with Crippen molar-refractivity contribution in [3.05, 3.63) is 107 Å². The van der Waals surface area contributed by atoms with E-state index in [0.717, 1.165) is 0 Å². The summed E-state index contributed by atoms with van der Waals surface area (Å²) < 4.78 is 27.3. The molecule has 8 heteroatoms. The molecule has 1 saturated heterocycles. The van der Waals surface area contributed by atoms with E-state index in [1.54, 1.807) is 42.5 Å². The molecule has 4 rings (SSSR count). The maximum atomic E-state index is 16.0. The molecule has 0 aliphatic carbocycles. The van der Waals surface area contributed by atoms with Crippen LogP contribution in [0, 0.1) is 0 Å². The third kappa shape index (κ3) is 4.53. The van der Waals surface area contributed by atoms with Gasteiger partial charge in [-0.1, -0.05) is 54.6 Å². The molecule has 34 heavy (non-hydrogen) atoms. The van der Waals surface area contributed by atoms with Gasteiger partial charge in [0.25, 0.3) is 0 Å². The minimum absolute atomic E-state index is 0.106. The van der Waals surface area contributed by atoms with Gasteiger partial charge in [0.2, 0.25) is 0 Å². The molecule has 1 aliphatic rings. The number of halogens is 1. The van der Waals surface area contributed by atoms with E-state index in [4.69, 9.17) is 9.47 Å². The number of benzene rings is 3. The summed E-state index contributed by atoms with van der Waals surface area (Å²) in [6, 6.07) is 20.1. The van der Waals surface area contributed by atoms with Crippen molar-refractivity contribution in [2.24, 2.45) is 0 Å². The van der Waals surface area contributed by atoms with Crippen LogP contribution in [0.5, 0.6) is 0 Å². The Hall–Kier alpha value is -4.04. The molecule has 0 radical (unpaired) electrons. The van der Waals surface area contributed by atoms with E-state index >= 15 is 4.39 Å². The Kier molecular flexibility index (Phi) is 6.70. The Morgan fingerprint density at radius 3 is 1.94 bits per heavy atom. The first kappa shape index (κ1) is 23.1. The molecule has 2 N–H and O–H groups in total. The summed E-state index contributed by atoms with van der Waals surface area (Å²) in [5.41, 5.74) is 0.371. The second-order valence-electron chi connectivity index (χ2n) is 7.81. The quantitative estimate of drug-likeness (QED) is 0.495. The first-order valence-electron chi connectivity index (χ1n) is 10.5. The van der Waals surface area contributed by atoms with Crippen LogP contribution >= 0.6 is 0 Å². The van der Waals surface area contributed by atoms with Gasteiger partial charge in [0.05, 0.1) is 16.7 Å². The van der Waals surface area contributed by atoms with E-state index in [1.165, 1.54) is 36.4 Å². The summed E-state index contributed by atoms with van der Waals surface area (Å²) in [6.07, 6.45) is -4.13. The number of carboxylic acids is 2. The second-order valence-corrected chi connectivity index (χ2v) is 7.81. The molecule has 0 saturated carbocycles. The number of ether oxygens (including phenoxy) is 2. The molecule has 4 atom stereocenters. The first-order chi connectivity index (χ1) is 16.4. The van der Waals surface area contributed by atoms with Crippen molar-refractivity contribution in [2.75, 3.05) is 6.61 Å². The number of rotatable bonds is 7. The zero-order chi connectivity index (χ0) is 24.2. The third-order valence-electron chi connectivity index (χ3n) is 5.79. The molecular formula is C26H21FO7. The molecule has 1 heterocycles. The van der Waals surface area contributed by atoms with E-state index in [1.807, 2.05) is 0 Å². The Morgan fingerprint density at radius 1 is 0.794 bits per heavy atom. The average Bonchev–Trinajstić information content (AvgIpc) is 3.18. The van der Waals surface area contributed by atoms with E-state index in [9.17, 15) is 24.6 Å². The van der Waals surface area contributed by atoms with E-state index in [0.29, 0.717) is 5.56 Å². The fourth-order valence-electron chi connectivity index (χ4n) is 4.24. The van der Waals surface area contributed by atoms with Gasteiger partial charge in [0.1, 0.15) is 25.0 Å². The van der Waals surface area contributed by atoms with Crippen molar-refractivity contribution in [3.63, 3.8) is 0 Å². The monoisotopic (exact) mass is 464 g/mol. The van der Waals surface area contributed by atoms with E-state index in [-0.39, 0.29) is 28.9 Å². The highest BCUT2D eigenvalue weighted by atomic mass is 19.1. The molecule has 3 aromatic carbocycles. The molecule has 7 nitrogen and oxygen atoms in total. The van der Waals surface area contributed by atoms with Crippen LogP contribution in [0.1, 0.15) is 54.2 Å². The van der Waals surface area contributed by atoms with Crippen LogP contribution in [0.15, 0.2) is 78.9 Å². The van der Waals surface area contributed by atoms with Crippen molar-refractivity contribution in [1.29, 1.82) is 0 Å². The van der Waals surface area contributed by atoms with E-state index in [2.05, 4.69) is 0 Å². The fourth-order valence-corrected chi connectivity index (χ4v) is 4.24. The van der Waals surface area contributed by atoms with Crippen molar-refractivity contribution >= 4 is 17.9 Å². The smallest absolute Gasteiger partial charge is 0.338 e. The number of aromatic carboxylic acids is 2. The fraction of sp³-hybridized carbons (Fsp3) is 0.192. The number of hydrogen-bond acceptors (Lipinski definition) is 5. The lowest BCUT2D eigenvalue weighted by Gasteiger charge is -2.21. The normalized spacial score (nSPS) is 21.7. The first-order valence-corrected chi connectivity index (χ1v) is 10.5. The largest absolute Gasteiger partial charge is 0.478 e. The Bertz CT molecular complexity index is 1210. The lowest BCUT2D eigenvalue weighted by molar-refractivity contribution is -0.0165. The number of carboxylic acid groups (broad SMARTS) is 2. The molecule has 3 aromatic rings. The average molecular weight is 464 g/mol. The summed E-state index contributed by atoms with van der Waals surface area (Å²) in [4.78, 5) is 36.0. The van der Waals surface area contributed by atoms with Gasteiger partial charge in [-0.3, -0.25) is 0 Å². The predicted molar refractivity (Wildman–Crippen MR) is 119 cm³/mol. The van der Waals surface area contributed by atoms with Gasteiger partial charge in [0, 0.05) is 5.92 Å². The standard InChI is InChI=1S/C26H21FO7/c27-22-21(16-10-4-6-12-18(16)24(28)29)20(14-33-26(32)15-8-2-1-3-9-15)34-23(22)17-11-5-7-13-19(17)25(30)31/h1-13,20-23H,14H2,(H,28,29)(H,30,31)/t20-,21+,22-,23+/m0/s1. The number of carbonyl (C=O) groups is 3. The van der Waals surface area contributed by atoms with Crippen LogP contribution in [-0.2, 0) is 9.47 Å². The molecule has 174 valence electrons. The lowest BCUT2D eigenvalue weighted by atomic mass is 9.85. The number of alkyl halides is 1. The SMILES string of the molecule is O=C(OC[C@@H]1O[C@H](c2ccccc2C(=O)O)[C@@H](F)[C@@H]1c1ccccc1C(=O)O)c1ccccc1. The summed E-state index contributed by atoms with van der Waals surface area (Å²) >= 11 is 0. The molecule has 1 fully saturated rings. The minimum Gasteiger partial charge on any atom is -0.478 e. The van der Waals surface area contributed by atoms with Gasteiger partial charge in [-0.2, -0.15) is 0 Å². The summed E-state index contributed by atoms with van der Waals surface area (Å²) in [5.74, 6) is -4.23.